The van der Waals surface area contributed by atoms with Gasteiger partial charge in [-0.3, -0.25) is 4.79 Å². The summed E-state index contributed by atoms with van der Waals surface area (Å²) >= 11 is 0. The normalized spacial score (nSPS) is 20.1. The highest BCUT2D eigenvalue weighted by atomic mass is 19.4. The van der Waals surface area contributed by atoms with Gasteiger partial charge in [0, 0.05) is 6.61 Å². The molecule has 0 bridgehead atoms. The van der Waals surface area contributed by atoms with Crippen LogP contribution in [0.25, 0.3) is 0 Å². The van der Waals surface area contributed by atoms with Crippen molar-refractivity contribution < 1.29 is 27.4 Å². The summed E-state index contributed by atoms with van der Waals surface area (Å²) in [7, 11) is 0. The second-order valence-corrected chi connectivity index (χ2v) is 5.36. The Labute approximate surface area is 132 Å². The molecule has 1 amide bonds. The van der Waals surface area contributed by atoms with Crippen LogP contribution in [0.15, 0.2) is 18.2 Å². The molecule has 2 heterocycles. The van der Waals surface area contributed by atoms with Crippen molar-refractivity contribution in [1.82, 2.24) is 4.98 Å². The molecule has 1 fully saturated rings. The molecule has 1 aliphatic rings. The number of carbonyl (C=O) groups is 1. The van der Waals surface area contributed by atoms with Crippen LogP contribution >= 0.6 is 0 Å². The number of alkyl halides is 3. The highest BCUT2D eigenvalue weighted by molar-refractivity contribution is 5.93. The first-order valence-corrected chi connectivity index (χ1v) is 7.44. The van der Waals surface area contributed by atoms with Crippen molar-refractivity contribution in [3.63, 3.8) is 0 Å². The molecule has 0 spiro atoms. The number of anilines is 1. The molecule has 23 heavy (non-hydrogen) atoms. The number of carbonyl (C=O) groups excluding carboxylic acids is 1. The molecule has 0 aliphatic carbocycles. The molecule has 8 heteroatoms. The monoisotopic (exact) mass is 332 g/mol. The fourth-order valence-electron chi connectivity index (χ4n) is 2.16. The Bertz CT molecular complexity index is 531. The van der Waals surface area contributed by atoms with Gasteiger partial charge >= 0.3 is 6.18 Å². The van der Waals surface area contributed by atoms with Crippen LogP contribution in [0.1, 0.15) is 31.9 Å². The summed E-state index contributed by atoms with van der Waals surface area (Å²) in [5.41, 5.74) is -1.06. The van der Waals surface area contributed by atoms with E-state index in [0.29, 0.717) is 6.61 Å². The Morgan fingerprint density at radius 3 is 2.91 bits per heavy atom. The number of hydrogen-bond donors (Lipinski definition) is 1. The average molecular weight is 332 g/mol. The Morgan fingerprint density at radius 1 is 1.48 bits per heavy atom. The lowest BCUT2D eigenvalue weighted by atomic mass is 10.1. The van der Waals surface area contributed by atoms with Crippen LogP contribution in [-0.2, 0) is 20.4 Å². The summed E-state index contributed by atoms with van der Waals surface area (Å²) in [5, 5.41) is 2.33. The Morgan fingerprint density at radius 2 is 2.26 bits per heavy atom. The smallest absolute Gasteiger partial charge is 0.376 e. The quantitative estimate of drug-likeness (QED) is 0.900. The van der Waals surface area contributed by atoms with Crippen LogP contribution in [0.3, 0.4) is 0 Å². The molecule has 1 N–H and O–H groups in total. The van der Waals surface area contributed by atoms with Gasteiger partial charge in [0.2, 0.25) is 0 Å². The van der Waals surface area contributed by atoms with E-state index in [1.54, 1.807) is 0 Å². The number of rotatable bonds is 5. The Balaban J connectivity index is 1.85. The molecule has 2 atom stereocenters. The minimum Gasteiger partial charge on any atom is -0.376 e. The number of nitrogens with zero attached hydrogens (tertiary/aromatic N) is 1. The zero-order valence-corrected chi connectivity index (χ0v) is 12.7. The highest BCUT2D eigenvalue weighted by Gasteiger charge is 2.32. The first kappa shape index (κ1) is 17.7. The lowest BCUT2D eigenvalue weighted by Gasteiger charge is -2.23. The van der Waals surface area contributed by atoms with Gasteiger partial charge in [0.1, 0.15) is 17.6 Å². The van der Waals surface area contributed by atoms with Crippen LogP contribution in [0.2, 0.25) is 0 Å². The molecule has 2 rings (SSSR count). The van der Waals surface area contributed by atoms with E-state index in [2.05, 4.69) is 10.3 Å². The zero-order valence-electron chi connectivity index (χ0n) is 12.7. The molecule has 128 valence electrons. The van der Waals surface area contributed by atoms with Crippen molar-refractivity contribution >= 4 is 11.7 Å². The largest absolute Gasteiger partial charge is 0.433 e. The van der Waals surface area contributed by atoms with Crippen LogP contribution in [0, 0.1) is 0 Å². The fourth-order valence-corrected chi connectivity index (χ4v) is 2.16. The number of ether oxygens (including phenoxy) is 2. The molecule has 0 radical (unpaired) electrons. The van der Waals surface area contributed by atoms with Gasteiger partial charge in [0.25, 0.3) is 5.91 Å². The summed E-state index contributed by atoms with van der Waals surface area (Å²) in [6.07, 6.45) is -2.44. The van der Waals surface area contributed by atoms with E-state index < -0.39 is 23.9 Å². The van der Waals surface area contributed by atoms with Crippen LogP contribution in [0.4, 0.5) is 19.0 Å². The number of pyridine rings is 1. The third-order valence-corrected chi connectivity index (χ3v) is 3.47. The second kappa shape index (κ2) is 7.74. The van der Waals surface area contributed by atoms with E-state index in [0.717, 1.165) is 25.3 Å². The van der Waals surface area contributed by atoms with E-state index in [-0.39, 0.29) is 18.5 Å². The van der Waals surface area contributed by atoms with Crippen LogP contribution < -0.4 is 5.32 Å². The van der Waals surface area contributed by atoms with E-state index >= 15 is 0 Å². The summed E-state index contributed by atoms with van der Waals surface area (Å²) in [6.45, 7) is 2.50. The summed E-state index contributed by atoms with van der Waals surface area (Å²) < 4.78 is 48.6. The van der Waals surface area contributed by atoms with Gasteiger partial charge in [-0.05, 0) is 38.3 Å². The standard InChI is InChI=1S/C15H19F3N2O3/c1-10(23-9-11-5-2-3-8-22-11)14(21)20-13-7-4-6-12(19-13)15(16,17)18/h4,6-7,10-11H,2-3,5,8-9H2,1H3,(H,19,20,21)/t10-,11+/m1/s1. The minimum atomic E-state index is -4.55. The molecule has 5 nitrogen and oxygen atoms in total. The maximum Gasteiger partial charge on any atom is 0.433 e. The lowest BCUT2D eigenvalue weighted by molar-refractivity contribution is -0.141. The van der Waals surface area contributed by atoms with Gasteiger partial charge in [-0.15, -0.1) is 0 Å². The van der Waals surface area contributed by atoms with Crippen molar-refractivity contribution in [3.8, 4) is 0 Å². The van der Waals surface area contributed by atoms with Gasteiger partial charge in [-0.2, -0.15) is 13.2 Å². The SMILES string of the molecule is C[C@@H](OC[C@@H]1CCCCO1)C(=O)Nc1cccc(C(F)(F)F)n1. The van der Waals surface area contributed by atoms with E-state index in [1.807, 2.05) is 0 Å². The van der Waals surface area contributed by atoms with Crippen LogP contribution in [-0.4, -0.2) is 36.3 Å². The van der Waals surface area contributed by atoms with Crippen LogP contribution in [0.5, 0.6) is 0 Å². The number of amides is 1. The third-order valence-electron chi connectivity index (χ3n) is 3.47. The average Bonchev–Trinajstić information content (AvgIpc) is 2.53. The van der Waals surface area contributed by atoms with Gasteiger partial charge in [-0.25, -0.2) is 4.98 Å². The molecular formula is C15H19F3N2O3. The molecule has 0 unspecified atom stereocenters. The number of nitrogens with one attached hydrogen (secondary N) is 1. The second-order valence-electron chi connectivity index (χ2n) is 5.36. The van der Waals surface area contributed by atoms with Gasteiger partial charge < -0.3 is 14.8 Å². The van der Waals surface area contributed by atoms with Crippen molar-refractivity contribution in [2.75, 3.05) is 18.5 Å². The van der Waals surface area contributed by atoms with Gasteiger partial charge in [0.15, 0.2) is 0 Å². The molecule has 1 aliphatic heterocycles. The fraction of sp³-hybridized carbons (Fsp3) is 0.600. The van der Waals surface area contributed by atoms with Crippen molar-refractivity contribution in [2.24, 2.45) is 0 Å². The summed E-state index contributed by atoms with van der Waals surface area (Å²) in [6, 6.07) is 3.33. The maximum absolute atomic E-state index is 12.6. The molecule has 0 saturated carbocycles. The number of aromatic nitrogens is 1. The van der Waals surface area contributed by atoms with Crippen molar-refractivity contribution in [3.05, 3.63) is 23.9 Å². The minimum absolute atomic E-state index is 0.0364. The highest BCUT2D eigenvalue weighted by Crippen LogP contribution is 2.28. The predicted molar refractivity (Wildman–Crippen MR) is 76.9 cm³/mol. The van der Waals surface area contributed by atoms with Crippen molar-refractivity contribution in [1.29, 1.82) is 0 Å². The molecular weight excluding hydrogens is 313 g/mol. The van der Waals surface area contributed by atoms with E-state index in [4.69, 9.17) is 9.47 Å². The summed E-state index contributed by atoms with van der Waals surface area (Å²) in [4.78, 5) is 15.3. The van der Waals surface area contributed by atoms with Crippen molar-refractivity contribution in [2.45, 2.75) is 44.6 Å². The molecule has 1 aromatic rings. The van der Waals surface area contributed by atoms with Gasteiger partial charge in [0.05, 0.1) is 12.7 Å². The molecule has 0 aromatic carbocycles. The maximum atomic E-state index is 12.6. The van der Waals surface area contributed by atoms with Gasteiger partial charge in [-0.1, -0.05) is 6.07 Å². The third kappa shape index (κ3) is 5.47. The van der Waals surface area contributed by atoms with E-state index in [1.165, 1.54) is 19.1 Å². The zero-order chi connectivity index (χ0) is 16.9. The Hall–Kier alpha value is -1.67. The Kier molecular flexibility index (Phi) is 5.95. The number of halogens is 3. The lowest BCUT2D eigenvalue weighted by Crippen LogP contribution is -2.33. The molecule has 1 aromatic heterocycles. The predicted octanol–water partition coefficient (Wildman–Crippen LogP) is 3.01. The first-order valence-electron chi connectivity index (χ1n) is 7.44. The molecule has 1 saturated heterocycles. The van der Waals surface area contributed by atoms with E-state index in [9.17, 15) is 18.0 Å². The number of hydrogen-bond acceptors (Lipinski definition) is 4. The first-order chi connectivity index (χ1) is 10.9. The summed E-state index contributed by atoms with van der Waals surface area (Å²) in [5.74, 6) is -0.707. The topological polar surface area (TPSA) is 60.5 Å².